The van der Waals surface area contributed by atoms with Crippen molar-refractivity contribution in [2.24, 2.45) is 0 Å². The smallest absolute Gasteiger partial charge is 0.295 e. The van der Waals surface area contributed by atoms with Crippen LogP contribution >= 0.6 is 0 Å². The first kappa shape index (κ1) is 22.5. The first-order valence-corrected chi connectivity index (χ1v) is 11.2. The summed E-state index contributed by atoms with van der Waals surface area (Å²) in [6.07, 6.45) is 0.722. The van der Waals surface area contributed by atoms with Crippen molar-refractivity contribution in [2.75, 3.05) is 6.54 Å². The van der Waals surface area contributed by atoms with Gasteiger partial charge in [0.25, 0.3) is 5.56 Å². The van der Waals surface area contributed by atoms with Crippen LogP contribution in [-0.2, 0) is 11.2 Å². The van der Waals surface area contributed by atoms with E-state index in [1.54, 1.807) is 11.6 Å². The molecule has 7 heteroatoms. The third-order valence-corrected chi connectivity index (χ3v) is 6.00. The summed E-state index contributed by atoms with van der Waals surface area (Å²) in [5.41, 5.74) is 5.84. The van der Waals surface area contributed by atoms with Gasteiger partial charge in [0.1, 0.15) is 6.04 Å². The second-order valence-corrected chi connectivity index (χ2v) is 8.59. The van der Waals surface area contributed by atoms with E-state index >= 15 is 0 Å². The molecule has 2 aromatic carbocycles. The van der Waals surface area contributed by atoms with Crippen molar-refractivity contribution in [3.8, 4) is 5.69 Å². The lowest BCUT2D eigenvalue weighted by atomic mass is 10.1. The molecule has 2 heterocycles. The third kappa shape index (κ3) is 4.44. The zero-order valence-electron chi connectivity index (χ0n) is 19.7. The Labute approximate surface area is 193 Å². The first-order valence-electron chi connectivity index (χ1n) is 11.2. The molecular weight excluding hydrogens is 414 g/mol. The van der Waals surface area contributed by atoms with Crippen molar-refractivity contribution < 1.29 is 4.79 Å². The Morgan fingerprint density at radius 1 is 0.939 bits per heavy atom. The van der Waals surface area contributed by atoms with Gasteiger partial charge in [-0.25, -0.2) is 9.36 Å². The molecule has 0 saturated carbocycles. The van der Waals surface area contributed by atoms with E-state index in [1.807, 2.05) is 52.0 Å². The van der Waals surface area contributed by atoms with E-state index in [2.05, 4.69) is 39.8 Å². The average molecular weight is 444 g/mol. The molecule has 1 N–H and O–H groups in total. The number of fused-ring (bicyclic) bond motifs is 1. The number of hydrogen-bond donors (Lipinski definition) is 1. The molecule has 0 aliphatic rings. The van der Waals surface area contributed by atoms with Crippen molar-refractivity contribution in [1.29, 1.82) is 0 Å². The van der Waals surface area contributed by atoms with E-state index in [1.165, 1.54) is 10.2 Å². The molecule has 0 spiro atoms. The van der Waals surface area contributed by atoms with Gasteiger partial charge in [-0.2, -0.15) is 10.2 Å². The molecule has 4 rings (SSSR count). The van der Waals surface area contributed by atoms with Crippen LogP contribution in [0.1, 0.15) is 41.0 Å². The van der Waals surface area contributed by atoms with Crippen LogP contribution in [0.5, 0.6) is 0 Å². The lowest BCUT2D eigenvalue weighted by Gasteiger charge is -2.15. The Bertz CT molecular complexity index is 1370. The molecule has 4 aromatic rings. The predicted molar refractivity (Wildman–Crippen MR) is 130 cm³/mol. The van der Waals surface area contributed by atoms with Gasteiger partial charge in [0, 0.05) is 6.54 Å². The fourth-order valence-corrected chi connectivity index (χ4v) is 3.99. The highest BCUT2D eigenvalue weighted by Gasteiger charge is 2.23. The molecule has 1 atom stereocenters. The lowest BCUT2D eigenvalue weighted by Crippen LogP contribution is -2.38. The summed E-state index contributed by atoms with van der Waals surface area (Å²) < 4.78 is 3.00. The lowest BCUT2D eigenvalue weighted by molar-refractivity contribution is -0.124. The Balaban J connectivity index is 1.58. The van der Waals surface area contributed by atoms with Gasteiger partial charge in [-0.3, -0.25) is 9.59 Å². The standard InChI is InChI=1S/C26H29N5O2/c1-16-6-10-21(11-7-16)14-15-27-25(32)20(5)31-26(33)24-23(18(3)28-31)19(4)30(29-24)22-12-8-17(2)9-13-22/h6-13,20H,14-15H2,1-5H3,(H,27,32)/t20-/m0/s1. The van der Waals surface area contributed by atoms with E-state index in [9.17, 15) is 9.59 Å². The number of carbonyl (C=O) groups excluding carboxylic acids is 1. The summed E-state index contributed by atoms with van der Waals surface area (Å²) in [5.74, 6) is -0.245. The van der Waals surface area contributed by atoms with Crippen LogP contribution in [0, 0.1) is 27.7 Å². The topological polar surface area (TPSA) is 81.8 Å². The number of aryl methyl sites for hydroxylation is 4. The fraction of sp³-hybridized carbons (Fsp3) is 0.308. The summed E-state index contributed by atoms with van der Waals surface area (Å²) in [6.45, 7) is 10.0. The maximum atomic E-state index is 13.2. The van der Waals surface area contributed by atoms with Crippen LogP contribution in [0.25, 0.3) is 16.6 Å². The van der Waals surface area contributed by atoms with E-state index < -0.39 is 6.04 Å². The van der Waals surface area contributed by atoms with E-state index in [0.717, 1.165) is 34.3 Å². The second kappa shape index (κ2) is 9.02. The molecule has 0 fully saturated rings. The Morgan fingerprint density at radius 2 is 1.55 bits per heavy atom. The predicted octanol–water partition coefficient (Wildman–Crippen LogP) is 3.74. The van der Waals surface area contributed by atoms with Crippen molar-refractivity contribution in [2.45, 2.75) is 47.1 Å². The van der Waals surface area contributed by atoms with Crippen molar-refractivity contribution in [3.63, 3.8) is 0 Å². The second-order valence-electron chi connectivity index (χ2n) is 8.59. The van der Waals surface area contributed by atoms with Gasteiger partial charge >= 0.3 is 0 Å². The van der Waals surface area contributed by atoms with Crippen molar-refractivity contribution in [1.82, 2.24) is 24.9 Å². The molecule has 0 radical (unpaired) electrons. The van der Waals surface area contributed by atoms with Gasteiger partial charge in [0.05, 0.1) is 22.5 Å². The summed E-state index contributed by atoms with van der Waals surface area (Å²) in [6, 6.07) is 15.4. The van der Waals surface area contributed by atoms with Gasteiger partial charge in [-0.15, -0.1) is 0 Å². The molecule has 170 valence electrons. The number of aromatic nitrogens is 4. The van der Waals surface area contributed by atoms with Crippen LogP contribution in [0.3, 0.4) is 0 Å². The van der Waals surface area contributed by atoms with Gasteiger partial charge in [-0.1, -0.05) is 47.5 Å². The number of nitrogens with zero attached hydrogens (tertiary/aromatic N) is 4. The zero-order valence-corrected chi connectivity index (χ0v) is 19.7. The number of nitrogens with one attached hydrogen (secondary N) is 1. The van der Waals surface area contributed by atoms with E-state index in [4.69, 9.17) is 0 Å². The fourth-order valence-electron chi connectivity index (χ4n) is 3.99. The normalized spacial score (nSPS) is 12.2. The molecule has 0 bridgehead atoms. The minimum absolute atomic E-state index is 0.245. The summed E-state index contributed by atoms with van der Waals surface area (Å²) in [5, 5.41) is 12.7. The Hall–Kier alpha value is -3.74. The third-order valence-electron chi connectivity index (χ3n) is 6.00. The molecule has 0 saturated heterocycles. The molecule has 0 aliphatic carbocycles. The molecule has 1 amide bonds. The molecule has 2 aromatic heterocycles. The van der Waals surface area contributed by atoms with E-state index in [-0.39, 0.29) is 11.5 Å². The van der Waals surface area contributed by atoms with Gasteiger partial charge in [0.2, 0.25) is 5.91 Å². The molecule has 33 heavy (non-hydrogen) atoms. The van der Waals surface area contributed by atoms with Crippen LogP contribution in [-0.4, -0.2) is 32.0 Å². The molecule has 0 aliphatic heterocycles. The minimum Gasteiger partial charge on any atom is -0.354 e. The number of rotatable bonds is 6. The Morgan fingerprint density at radius 3 is 2.18 bits per heavy atom. The maximum absolute atomic E-state index is 13.2. The highest BCUT2D eigenvalue weighted by atomic mass is 16.2. The summed E-state index contributed by atoms with van der Waals surface area (Å²) in [4.78, 5) is 26.0. The number of benzene rings is 2. The number of amides is 1. The average Bonchev–Trinajstić information content (AvgIpc) is 3.15. The summed E-state index contributed by atoms with van der Waals surface area (Å²) in [7, 11) is 0. The zero-order chi connectivity index (χ0) is 23.7. The number of carbonyl (C=O) groups is 1. The van der Waals surface area contributed by atoms with Gasteiger partial charge in [0.15, 0.2) is 5.52 Å². The molecular formula is C26H29N5O2. The van der Waals surface area contributed by atoms with Crippen LogP contribution < -0.4 is 10.9 Å². The van der Waals surface area contributed by atoms with Gasteiger partial charge in [-0.05, 0) is 58.7 Å². The number of hydrogen-bond acceptors (Lipinski definition) is 4. The highest BCUT2D eigenvalue weighted by molar-refractivity contribution is 5.84. The SMILES string of the molecule is Cc1ccc(CCNC(=O)[C@H](C)n2nc(C)c3c(C)n(-c4ccc(C)cc4)nc3c2=O)cc1. The van der Waals surface area contributed by atoms with Crippen LogP contribution in [0.2, 0.25) is 0 Å². The van der Waals surface area contributed by atoms with E-state index in [0.29, 0.717) is 17.8 Å². The minimum atomic E-state index is -0.747. The van der Waals surface area contributed by atoms with Gasteiger partial charge < -0.3 is 5.32 Å². The monoisotopic (exact) mass is 443 g/mol. The molecule has 7 nitrogen and oxygen atoms in total. The largest absolute Gasteiger partial charge is 0.354 e. The quantitative estimate of drug-likeness (QED) is 0.492. The maximum Gasteiger partial charge on any atom is 0.295 e. The van der Waals surface area contributed by atoms with Crippen LogP contribution in [0.15, 0.2) is 53.3 Å². The van der Waals surface area contributed by atoms with Crippen molar-refractivity contribution in [3.05, 3.63) is 87.0 Å². The van der Waals surface area contributed by atoms with Crippen molar-refractivity contribution >= 4 is 16.8 Å². The molecule has 0 unspecified atom stereocenters. The summed E-state index contributed by atoms with van der Waals surface area (Å²) >= 11 is 0. The first-order chi connectivity index (χ1) is 15.8. The van der Waals surface area contributed by atoms with Crippen LogP contribution in [0.4, 0.5) is 0 Å². The highest BCUT2D eigenvalue weighted by Crippen LogP contribution is 2.22. The Kier molecular flexibility index (Phi) is 6.14.